The first kappa shape index (κ1) is 22.7. The second-order valence-electron chi connectivity index (χ2n) is 8.41. The van der Waals surface area contributed by atoms with Crippen molar-refractivity contribution in [3.8, 4) is 11.1 Å². The van der Waals surface area contributed by atoms with E-state index in [1.807, 2.05) is 0 Å². The summed E-state index contributed by atoms with van der Waals surface area (Å²) in [6.07, 6.45) is -3.51. The van der Waals surface area contributed by atoms with Gasteiger partial charge in [0.15, 0.2) is 5.82 Å². The summed E-state index contributed by atoms with van der Waals surface area (Å²) in [5.41, 5.74) is -2.47. The first-order chi connectivity index (χ1) is 15.2. The molecule has 1 aliphatic heterocycles. The summed E-state index contributed by atoms with van der Waals surface area (Å²) < 4.78 is 85.0. The van der Waals surface area contributed by atoms with Crippen LogP contribution >= 0.6 is 0 Å². The lowest BCUT2D eigenvalue weighted by molar-refractivity contribution is -0.139. The van der Waals surface area contributed by atoms with Gasteiger partial charge in [0.1, 0.15) is 35.5 Å². The van der Waals surface area contributed by atoms with Gasteiger partial charge in [0.2, 0.25) is 0 Å². The van der Waals surface area contributed by atoms with E-state index in [2.05, 4.69) is 5.32 Å². The van der Waals surface area contributed by atoms with Gasteiger partial charge in [-0.15, -0.1) is 0 Å². The molecule has 0 amide bonds. The summed E-state index contributed by atoms with van der Waals surface area (Å²) in [6.45, 7) is 3.15. The molecule has 11 heteroatoms. The average molecular weight is 467 g/mol. The molecule has 0 saturated carbocycles. The van der Waals surface area contributed by atoms with Crippen molar-refractivity contribution in [3.05, 3.63) is 47.9 Å². The molecular weight excluding hydrogens is 448 g/mol. The highest BCUT2D eigenvalue weighted by Crippen LogP contribution is 2.44. The molecule has 0 saturated heterocycles. The molecule has 1 aliphatic rings. The Kier molecular flexibility index (Phi) is 4.99. The predicted molar refractivity (Wildman–Crippen MR) is 115 cm³/mol. The standard InChI is InChI=1S/C22H19F6N5/c1-10(29)33-19-15(31-21(2,3)20(33)30)8-14(24)17(18(19)25)13-6-11(23)7-16-12(13)4-5-32(16)9-22(26,27)28/h4-8,29-31H,9H2,1-3H3. The Morgan fingerprint density at radius 3 is 2.39 bits per heavy atom. The Labute approximate surface area is 184 Å². The molecule has 4 rings (SSSR count). The third-order valence-electron chi connectivity index (χ3n) is 5.49. The van der Waals surface area contributed by atoms with Gasteiger partial charge in [-0.2, -0.15) is 13.2 Å². The number of hydrogen-bond donors (Lipinski definition) is 3. The van der Waals surface area contributed by atoms with Gasteiger partial charge < -0.3 is 9.88 Å². The van der Waals surface area contributed by atoms with E-state index in [1.54, 1.807) is 13.8 Å². The molecule has 3 N–H and O–H groups in total. The molecule has 2 heterocycles. The topological polar surface area (TPSA) is 67.9 Å². The average Bonchev–Trinajstić information content (AvgIpc) is 3.03. The van der Waals surface area contributed by atoms with E-state index in [4.69, 9.17) is 10.8 Å². The Bertz CT molecular complexity index is 1320. The number of hydrogen-bond acceptors (Lipinski definition) is 3. The van der Waals surface area contributed by atoms with Gasteiger partial charge in [-0.3, -0.25) is 15.7 Å². The van der Waals surface area contributed by atoms with Crippen molar-refractivity contribution in [2.75, 3.05) is 10.2 Å². The predicted octanol–water partition coefficient (Wildman–Crippen LogP) is 6.27. The van der Waals surface area contributed by atoms with Crippen LogP contribution in [-0.2, 0) is 6.54 Å². The molecule has 0 spiro atoms. The number of nitrogens with one attached hydrogen (secondary N) is 3. The van der Waals surface area contributed by atoms with Crippen molar-refractivity contribution in [2.45, 2.75) is 39.0 Å². The van der Waals surface area contributed by atoms with Crippen LogP contribution in [0.25, 0.3) is 22.0 Å². The maximum atomic E-state index is 15.8. The van der Waals surface area contributed by atoms with Crippen LogP contribution in [-0.4, -0.2) is 28.0 Å². The fourth-order valence-electron chi connectivity index (χ4n) is 4.09. The highest BCUT2D eigenvalue weighted by Gasteiger charge is 2.40. The molecule has 0 bridgehead atoms. The smallest absolute Gasteiger partial charge is 0.371 e. The zero-order valence-electron chi connectivity index (χ0n) is 17.8. The van der Waals surface area contributed by atoms with Crippen molar-refractivity contribution >= 4 is 33.9 Å². The number of anilines is 2. The van der Waals surface area contributed by atoms with Crippen molar-refractivity contribution < 1.29 is 26.3 Å². The zero-order valence-corrected chi connectivity index (χ0v) is 17.8. The Morgan fingerprint density at radius 1 is 1.12 bits per heavy atom. The second kappa shape index (κ2) is 7.26. The number of nitrogens with zero attached hydrogens (tertiary/aromatic N) is 2. The largest absolute Gasteiger partial charge is 0.406 e. The Balaban J connectivity index is 2.01. The zero-order chi connectivity index (χ0) is 24.5. The van der Waals surface area contributed by atoms with E-state index in [0.717, 1.165) is 33.9 Å². The van der Waals surface area contributed by atoms with E-state index in [1.165, 1.54) is 13.0 Å². The lowest BCUT2D eigenvalue weighted by Crippen LogP contribution is -2.55. The number of fused-ring (bicyclic) bond motifs is 2. The van der Waals surface area contributed by atoms with E-state index >= 15 is 8.78 Å². The van der Waals surface area contributed by atoms with Crippen molar-refractivity contribution in [1.82, 2.24) is 4.57 Å². The summed E-state index contributed by atoms with van der Waals surface area (Å²) in [7, 11) is 0. The quantitative estimate of drug-likeness (QED) is 0.236. The van der Waals surface area contributed by atoms with Gasteiger partial charge >= 0.3 is 6.18 Å². The van der Waals surface area contributed by atoms with Crippen LogP contribution in [0.2, 0.25) is 0 Å². The molecule has 33 heavy (non-hydrogen) atoms. The lowest BCUT2D eigenvalue weighted by Gasteiger charge is -2.42. The van der Waals surface area contributed by atoms with E-state index in [-0.39, 0.29) is 39.5 Å². The summed E-state index contributed by atoms with van der Waals surface area (Å²) >= 11 is 0. The maximum absolute atomic E-state index is 15.8. The fraction of sp³-hybridized carbons (Fsp3) is 0.273. The van der Waals surface area contributed by atoms with Crippen molar-refractivity contribution in [1.29, 1.82) is 10.8 Å². The van der Waals surface area contributed by atoms with Crippen molar-refractivity contribution in [3.63, 3.8) is 0 Å². The molecule has 5 nitrogen and oxygen atoms in total. The maximum Gasteiger partial charge on any atom is 0.406 e. The van der Waals surface area contributed by atoms with Crippen LogP contribution < -0.4 is 10.2 Å². The van der Waals surface area contributed by atoms with Gasteiger partial charge in [-0.05, 0) is 44.5 Å². The molecule has 2 aromatic carbocycles. The van der Waals surface area contributed by atoms with Crippen LogP contribution in [0, 0.1) is 28.3 Å². The minimum atomic E-state index is -4.58. The van der Waals surface area contributed by atoms with E-state index < -0.39 is 41.3 Å². The molecule has 0 unspecified atom stereocenters. The number of alkyl halides is 3. The van der Waals surface area contributed by atoms with Crippen LogP contribution in [0.15, 0.2) is 30.5 Å². The number of amidine groups is 2. The summed E-state index contributed by atoms with van der Waals surface area (Å²) in [5, 5.41) is 19.3. The Morgan fingerprint density at radius 2 is 1.79 bits per heavy atom. The first-order valence-corrected chi connectivity index (χ1v) is 9.81. The molecule has 174 valence electrons. The number of benzene rings is 2. The Hall–Kier alpha value is -3.50. The lowest BCUT2D eigenvalue weighted by atomic mass is 9.93. The highest BCUT2D eigenvalue weighted by molar-refractivity contribution is 6.24. The summed E-state index contributed by atoms with van der Waals surface area (Å²) in [4.78, 5) is 1.01. The first-order valence-electron chi connectivity index (χ1n) is 9.81. The van der Waals surface area contributed by atoms with Gasteiger partial charge in [-0.1, -0.05) is 0 Å². The van der Waals surface area contributed by atoms with E-state index in [9.17, 15) is 17.6 Å². The van der Waals surface area contributed by atoms with Crippen LogP contribution in [0.3, 0.4) is 0 Å². The number of halogens is 6. The normalized spacial score (nSPS) is 15.5. The van der Waals surface area contributed by atoms with Crippen LogP contribution in [0.4, 0.5) is 37.7 Å². The molecule has 0 aliphatic carbocycles. The molecular formula is C22H19F6N5. The minimum Gasteiger partial charge on any atom is -0.371 e. The monoisotopic (exact) mass is 467 g/mol. The third-order valence-corrected chi connectivity index (χ3v) is 5.49. The van der Waals surface area contributed by atoms with E-state index in [0.29, 0.717) is 0 Å². The fourth-order valence-corrected chi connectivity index (χ4v) is 4.09. The highest BCUT2D eigenvalue weighted by atomic mass is 19.4. The molecule has 1 aromatic heterocycles. The molecule has 0 fully saturated rings. The van der Waals surface area contributed by atoms with Gasteiger partial charge in [0.25, 0.3) is 0 Å². The minimum absolute atomic E-state index is 0.0105. The molecule has 0 radical (unpaired) electrons. The SMILES string of the molecule is CC(=N)N1C(=N)C(C)(C)Nc2cc(F)c(-c3cc(F)cc4c3ccn4CC(F)(F)F)c(F)c21. The number of aromatic nitrogens is 1. The van der Waals surface area contributed by atoms with Crippen molar-refractivity contribution in [2.24, 2.45) is 0 Å². The summed E-state index contributed by atoms with van der Waals surface area (Å²) in [5.74, 6) is -3.57. The van der Waals surface area contributed by atoms with Gasteiger partial charge in [-0.25, -0.2) is 13.2 Å². The molecule has 3 aromatic rings. The number of rotatable bonds is 2. The van der Waals surface area contributed by atoms with Crippen LogP contribution in [0.1, 0.15) is 20.8 Å². The van der Waals surface area contributed by atoms with Crippen LogP contribution in [0.5, 0.6) is 0 Å². The third kappa shape index (κ3) is 3.70. The van der Waals surface area contributed by atoms with Gasteiger partial charge in [0.05, 0.1) is 22.3 Å². The van der Waals surface area contributed by atoms with Gasteiger partial charge in [0, 0.05) is 17.6 Å². The molecule has 0 atom stereocenters. The second-order valence-corrected chi connectivity index (χ2v) is 8.41. The summed E-state index contributed by atoms with van der Waals surface area (Å²) in [6, 6.07) is 3.92.